The van der Waals surface area contributed by atoms with Crippen LogP contribution in [0.15, 0.2) is 59.1 Å². The van der Waals surface area contributed by atoms with Gasteiger partial charge in [-0.3, -0.25) is 9.89 Å². The third-order valence-electron chi connectivity index (χ3n) is 4.48. The monoisotopic (exact) mass is 387 g/mol. The molecule has 0 bridgehead atoms. The minimum Gasteiger partial charge on any atom is -0.441 e. The highest BCUT2D eigenvalue weighted by Crippen LogP contribution is 2.22. The fourth-order valence-corrected chi connectivity index (χ4v) is 2.90. The number of oxazole rings is 1. The molecule has 0 aliphatic heterocycles. The zero-order chi connectivity index (χ0) is 20.2. The maximum atomic E-state index is 12.2. The van der Waals surface area contributed by atoms with Crippen LogP contribution in [0.2, 0.25) is 0 Å². The summed E-state index contributed by atoms with van der Waals surface area (Å²) >= 11 is 0. The number of carbonyl (C=O) groups excluding carboxylic acids is 1. The molecule has 0 aliphatic carbocycles. The molecule has 0 saturated carbocycles. The number of nitrogens with one attached hydrogen (secondary N) is 2. The first kappa shape index (κ1) is 18.6. The van der Waals surface area contributed by atoms with Crippen molar-refractivity contribution in [2.45, 2.75) is 26.7 Å². The molecule has 29 heavy (non-hydrogen) atoms. The Balaban J connectivity index is 1.31. The van der Waals surface area contributed by atoms with Gasteiger partial charge < -0.3 is 9.73 Å². The van der Waals surface area contributed by atoms with E-state index in [2.05, 4.69) is 25.5 Å². The topological polar surface area (TPSA) is 96.7 Å². The minimum atomic E-state index is -0.0958. The Hall–Kier alpha value is -3.74. The number of carbonyl (C=O) groups is 1. The summed E-state index contributed by atoms with van der Waals surface area (Å²) < 4.78 is 5.77. The van der Waals surface area contributed by atoms with Crippen LogP contribution in [-0.4, -0.2) is 26.1 Å². The normalized spacial score (nSPS) is 10.8. The number of anilines is 1. The summed E-state index contributed by atoms with van der Waals surface area (Å²) in [6, 6.07) is 15.5. The summed E-state index contributed by atoms with van der Waals surface area (Å²) in [5.74, 6) is 2.55. The summed E-state index contributed by atoms with van der Waals surface area (Å²) in [6.07, 6.45) is 2.42. The number of aryl methyl sites for hydroxylation is 3. The van der Waals surface area contributed by atoms with E-state index in [4.69, 9.17) is 4.42 Å². The lowest BCUT2D eigenvalue weighted by atomic mass is 10.1. The predicted octanol–water partition coefficient (Wildman–Crippen LogP) is 4.31. The fourth-order valence-electron chi connectivity index (χ4n) is 2.90. The zero-order valence-electron chi connectivity index (χ0n) is 16.3. The van der Waals surface area contributed by atoms with E-state index in [1.54, 1.807) is 6.20 Å². The number of nitrogens with zero attached hydrogens (tertiary/aromatic N) is 3. The van der Waals surface area contributed by atoms with Crippen molar-refractivity contribution in [1.29, 1.82) is 0 Å². The average Bonchev–Trinajstić information content (AvgIpc) is 3.37. The minimum absolute atomic E-state index is 0.0958. The zero-order valence-corrected chi connectivity index (χ0v) is 16.3. The molecular formula is C22H21N5O2. The highest BCUT2D eigenvalue weighted by Gasteiger charge is 2.10. The number of aromatic amines is 1. The predicted molar refractivity (Wildman–Crippen MR) is 110 cm³/mol. The summed E-state index contributed by atoms with van der Waals surface area (Å²) in [5.41, 5.74) is 3.77. The summed E-state index contributed by atoms with van der Waals surface area (Å²) in [6.45, 7) is 3.89. The molecule has 7 nitrogen and oxygen atoms in total. The van der Waals surface area contributed by atoms with E-state index in [0.717, 1.165) is 22.6 Å². The standard InChI is InChI=1S/C22H21N5O2/c1-14-3-5-16(6-4-14)19-13-23-21(29-19)12-11-20(28)25-18-9-7-17(8-10-18)22-24-15(2)26-27-22/h3-10,13H,11-12H2,1-2H3,(H,25,28)(H,24,26,27). The van der Waals surface area contributed by atoms with E-state index < -0.39 is 0 Å². The van der Waals surface area contributed by atoms with Crippen molar-refractivity contribution in [2.75, 3.05) is 5.32 Å². The Labute approximate surface area is 168 Å². The fraction of sp³-hybridized carbons (Fsp3) is 0.182. The van der Waals surface area contributed by atoms with Gasteiger partial charge in [-0.15, -0.1) is 0 Å². The van der Waals surface area contributed by atoms with Crippen molar-refractivity contribution in [2.24, 2.45) is 0 Å². The van der Waals surface area contributed by atoms with Gasteiger partial charge in [0.2, 0.25) is 5.91 Å². The number of aromatic nitrogens is 4. The van der Waals surface area contributed by atoms with Gasteiger partial charge in [0.1, 0.15) is 5.82 Å². The van der Waals surface area contributed by atoms with Crippen LogP contribution in [-0.2, 0) is 11.2 Å². The first-order chi connectivity index (χ1) is 14.1. The lowest BCUT2D eigenvalue weighted by molar-refractivity contribution is -0.116. The van der Waals surface area contributed by atoms with Gasteiger partial charge in [0.05, 0.1) is 6.20 Å². The SMILES string of the molecule is Cc1ccc(-c2cnc(CCC(=O)Nc3ccc(-c4n[nH]c(C)n4)cc3)o2)cc1. The van der Waals surface area contributed by atoms with Crippen LogP contribution in [0.4, 0.5) is 5.69 Å². The summed E-state index contributed by atoms with van der Waals surface area (Å²) in [5, 5.41) is 9.83. The Morgan fingerprint density at radius 1 is 1.03 bits per heavy atom. The van der Waals surface area contributed by atoms with Gasteiger partial charge in [0.15, 0.2) is 17.5 Å². The molecule has 146 valence electrons. The number of H-pyrrole nitrogens is 1. The van der Waals surface area contributed by atoms with Crippen LogP contribution < -0.4 is 5.32 Å². The molecule has 0 fully saturated rings. The van der Waals surface area contributed by atoms with Gasteiger partial charge in [0, 0.05) is 29.7 Å². The molecule has 0 radical (unpaired) electrons. The van der Waals surface area contributed by atoms with E-state index in [1.165, 1.54) is 5.56 Å². The van der Waals surface area contributed by atoms with Gasteiger partial charge in [-0.05, 0) is 38.1 Å². The van der Waals surface area contributed by atoms with Gasteiger partial charge in [-0.1, -0.05) is 29.8 Å². The van der Waals surface area contributed by atoms with Gasteiger partial charge in [-0.25, -0.2) is 9.97 Å². The molecule has 2 heterocycles. The first-order valence-corrected chi connectivity index (χ1v) is 9.38. The number of amides is 1. The largest absolute Gasteiger partial charge is 0.441 e. The van der Waals surface area contributed by atoms with Crippen molar-refractivity contribution >= 4 is 11.6 Å². The van der Waals surface area contributed by atoms with Crippen LogP contribution in [0.3, 0.4) is 0 Å². The Morgan fingerprint density at radius 2 is 1.76 bits per heavy atom. The van der Waals surface area contributed by atoms with E-state index in [1.807, 2.05) is 62.4 Å². The Bertz CT molecular complexity index is 1110. The summed E-state index contributed by atoms with van der Waals surface area (Å²) in [4.78, 5) is 20.8. The Kier molecular flexibility index (Phi) is 5.20. The van der Waals surface area contributed by atoms with Crippen LogP contribution in [0.5, 0.6) is 0 Å². The molecule has 0 atom stereocenters. The first-order valence-electron chi connectivity index (χ1n) is 9.38. The molecular weight excluding hydrogens is 366 g/mol. The molecule has 0 spiro atoms. The second kappa shape index (κ2) is 8.10. The maximum Gasteiger partial charge on any atom is 0.224 e. The molecule has 0 unspecified atom stereocenters. The van der Waals surface area contributed by atoms with E-state index in [-0.39, 0.29) is 12.3 Å². The van der Waals surface area contributed by atoms with Crippen molar-refractivity contribution in [3.8, 4) is 22.7 Å². The molecule has 2 aromatic carbocycles. The molecule has 1 amide bonds. The van der Waals surface area contributed by atoms with Crippen LogP contribution in [0.25, 0.3) is 22.7 Å². The highest BCUT2D eigenvalue weighted by atomic mass is 16.4. The van der Waals surface area contributed by atoms with Crippen molar-refractivity contribution in [3.05, 3.63) is 72.0 Å². The molecule has 7 heteroatoms. The van der Waals surface area contributed by atoms with Crippen LogP contribution in [0.1, 0.15) is 23.7 Å². The van der Waals surface area contributed by atoms with Gasteiger partial charge in [0.25, 0.3) is 0 Å². The maximum absolute atomic E-state index is 12.2. The number of rotatable bonds is 6. The highest BCUT2D eigenvalue weighted by molar-refractivity contribution is 5.91. The molecule has 2 N–H and O–H groups in total. The second-order valence-corrected chi connectivity index (χ2v) is 6.85. The van der Waals surface area contributed by atoms with Crippen LogP contribution >= 0.6 is 0 Å². The molecule has 4 aromatic rings. The number of benzene rings is 2. The van der Waals surface area contributed by atoms with E-state index >= 15 is 0 Å². The van der Waals surface area contributed by atoms with Gasteiger partial charge >= 0.3 is 0 Å². The van der Waals surface area contributed by atoms with Crippen LogP contribution in [0, 0.1) is 13.8 Å². The van der Waals surface area contributed by atoms with Crippen molar-refractivity contribution in [3.63, 3.8) is 0 Å². The quantitative estimate of drug-likeness (QED) is 0.514. The van der Waals surface area contributed by atoms with Crippen molar-refractivity contribution in [1.82, 2.24) is 20.2 Å². The van der Waals surface area contributed by atoms with E-state index in [9.17, 15) is 4.79 Å². The van der Waals surface area contributed by atoms with Gasteiger partial charge in [-0.2, -0.15) is 5.10 Å². The molecule has 4 rings (SSSR count). The lowest BCUT2D eigenvalue weighted by Crippen LogP contribution is -2.12. The van der Waals surface area contributed by atoms with E-state index in [0.29, 0.717) is 23.9 Å². The molecule has 2 aromatic heterocycles. The second-order valence-electron chi connectivity index (χ2n) is 6.85. The molecule has 0 saturated heterocycles. The average molecular weight is 387 g/mol. The number of hydrogen-bond acceptors (Lipinski definition) is 5. The summed E-state index contributed by atoms with van der Waals surface area (Å²) in [7, 11) is 0. The smallest absolute Gasteiger partial charge is 0.224 e. The Morgan fingerprint density at radius 3 is 2.45 bits per heavy atom. The molecule has 0 aliphatic rings. The number of hydrogen-bond donors (Lipinski definition) is 2. The van der Waals surface area contributed by atoms with Crippen molar-refractivity contribution < 1.29 is 9.21 Å². The lowest BCUT2D eigenvalue weighted by Gasteiger charge is -2.05. The third kappa shape index (κ3) is 4.57. The third-order valence-corrected chi connectivity index (χ3v) is 4.48.